The van der Waals surface area contributed by atoms with Crippen LogP contribution in [0.25, 0.3) is 23.2 Å². The summed E-state index contributed by atoms with van der Waals surface area (Å²) in [6.07, 6.45) is -0.114. The first-order valence-corrected chi connectivity index (χ1v) is 7.87. The Hall–Kier alpha value is -2.99. The van der Waals surface area contributed by atoms with Crippen LogP contribution < -0.4 is 0 Å². The van der Waals surface area contributed by atoms with E-state index in [-0.39, 0.29) is 17.0 Å². The number of aryl methyl sites for hydroxylation is 1. The van der Waals surface area contributed by atoms with Gasteiger partial charge in [0.1, 0.15) is 23.0 Å². The fourth-order valence-electron chi connectivity index (χ4n) is 2.17. The van der Waals surface area contributed by atoms with Crippen molar-refractivity contribution in [3.8, 4) is 17.5 Å². The Balaban J connectivity index is 1.97. The van der Waals surface area contributed by atoms with Crippen molar-refractivity contribution < 1.29 is 13.2 Å². The summed E-state index contributed by atoms with van der Waals surface area (Å²) in [6, 6.07) is 5.65. The summed E-state index contributed by atoms with van der Waals surface area (Å²) < 4.78 is 40.1. The van der Waals surface area contributed by atoms with E-state index in [1.165, 1.54) is 28.5 Å². The van der Waals surface area contributed by atoms with Crippen LogP contribution in [0.15, 0.2) is 36.1 Å². The Morgan fingerprint density at radius 2 is 2.08 bits per heavy atom. The smallest absolute Gasteiger partial charge is 0.244 e. The maximum Gasteiger partial charge on any atom is 0.416 e. The highest BCUT2D eigenvalue weighted by Crippen LogP contribution is 2.32. The Morgan fingerprint density at radius 3 is 2.72 bits per heavy atom. The van der Waals surface area contributed by atoms with Crippen LogP contribution in [0.3, 0.4) is 0 Å². The van der Waals surface area contributed by atoms with Crippen LogP contribution in [-0.2, 0) is 6.18 Å². The van der Waals surface area contributed by atoms with E-state index in [1.807, 2.05) is 6.07 Å². The van der Waals surface area contributed by atoms with Crippen LogP contribution >= 0.6 is 11.3 Å². The van der Waals surface area contributed by atoms with Gasteiger partial charge in [0.05, 0.1) is 11.8 Å². The molecule has 0 amide bonds. The van der Waals surface area contributed by atoms with Crippen molar-refractivity contribution in [1.82, 2.24) is 19.7 Å². The van der Waals surface area contributed by atoms with Crippen LogP contribution in [0.1, 0.15) is 16.1 Å². The number of hydrogen-bond acceptors (Lipinski definition) is 5. The average Bonchev–Trinajstić information content (AvgIpc) is 3.23. The van der Waals surface area contributed by atoms with Crippen LogP contribution in [0.4, 0.5) is 13.2 Å². The molecule has 0 radical (unpaired) electrons. The zero-order valence-electron chi connectivity index (χ0n) is 12.8. The highest BCUT2D eigenvalue weighted by Gasteiger charge is 2.31. The summed E-state index contributed by atoms with van der Waals surface area (Å²) in [5.74, 6) is 0.141. The number of aromatic nitrogens is 4. The second kappa shape index (κ2) is 6.49. The average molecular weight is 361 g/mol. The first-order valence-electron chi connectivity index (χ1n) is 6.99. The van der Waals surface area contributed by atoms with Gasteiger partial charge in [0, 0.05) is 17.1 Å². The quantitative estimate of drug-likeness (QED) is 0.654. The third-order valence-corrected chi connectivity index (χ3v) is 4.02. The lowest BCUT2D eigenvalue weighted by Crippen LogP contribution is -2.05. The normalized spacial score (nSPS) is 12.2. The van der Waals surface area contributed by atoms with Gasteiger partial charge in [0.15, 0.2) is 5.82 Å². The summed E-state index contributed by atoms with van der Waals surface area (Å²) in [5, 5.41) is 15.6. The minimum Gasteiger partial charge on any atom is -0.244 e. The third-order valence-electron chi connectivity index (χ3n) is 3.22. The van der Waals surface area contributed by atoms with Crippen LogP contribution in [0.2, 0.25) is 0 Å². The molecule has 5 nitrogen and oxygen atoms in total. The molecular formula is C16H10F3N5S. The summed E-state index contributed by atoms with van der Waals surface area (Å²) in [5.41, 5.74) is 0.242. The predicted octanol–water partition coefficient (Wildman–Crippen LogP) is 4.25. The van der Waals surface area contributed by atoms with E-state index in [0.717, 1.165) is 12.1 Å². The molecule has 0 fully saturated rings. The Kier molecular flexibility index (Phi) is 4.37. The minimum absolute atomic E-state index is 0.141. The number of nitriles is 1. The van der Waals surface area contributed by atoms with Crippen molar-refractivity contribution >= 4 is 23.1 Å². The summed E-state index contributed by atoms with van der Waals surface area (Å²) in [4.78, 5) is 8.07. The molecule has 1 aromatic carbocycles. The number of alkyl halides is 3. The van der Waals surface area contributed by atoms with E-state index < -0.39 is 11.7 Å². The van der Waals surface area contributed by atoms with E-state index in [1.54, 1.807) is 24.6 Å². The molecule has 2 heterocycles. The molecule has 0 spiro atoms. The molecular weight excluding hydrogens is 351 g/mol. The van der Waals surface area contributed by atoms with Gasteiger partial charge in [-0.1, -0.05) is 0 Å². The van der Waals surface area contributed by atoms with Crippen molar-refractivity contribution in [2.45, 2.75) is 13.1 Å². The summed E-state index contributed by atoms with van der Waals surface area (Å²) >= 11 is 1.30. The van der Waals surface area contributed by atoms with Gasteiger partial charge >= 0.3 is 6.18 Å². The molecule has 0 unspecified atom stereocenters. The van der Waals surface area contributed by atoms with Gasteiger partial charge in [-0.2, -0.15) is 18.4 Å². The highest BCUT2D eigenvalue weighted by atomic mass is 32.1. The van der Waals surface area contributed by atoms with Gasteiger partial charge in [-0.15, -0.1) is 16.4 Å². The SMILES string of the molecule is Cc1cc(-c2ncn(/C=C(\C#N)c3nccs3)n2)cc(C(F)(F)F)c1. The van der Waals surface area contributed by atoms with Crippen molar-refractivity contribution in [3.05, 3.63) is 52.2 Å². The summed E-state index contributed by atoms with van der Waals surface area (Å²) in [6.45, 7) is 1.58. The van der Waals surface area contributed by atoms with Crippen molar-refractivity contribution in [2.24, 2.45) is 0 Å². The number of hydrogen-bond donors (Lipinski definition) is 0. The monoisotopic (exact) mass is 361 g/mol. The zero-order valence-corrected chi connectivity index (χ0v) is 13.6. The first kappa shape index (κ1) is 16.9. The molecule has 25 heavy (non-hydrogen) atoms. The molecule has 0 aliphatic heterocycles. The zero-order chi connectivity index (χ0) is 18.0. The van der Waals surface area contributed by atoms with E-state index in [4.69, 9.17) is 0 Å². The third kappa shape index (κ3) is 3.75. The molecule has 2 aromatic heterocycles. The first-order chi connectivity index (χ1) is 11.9. The molecule has 0 aliphatic carbocycles. The minimum atomic E-state index is -4.44. The van der Waals surface area contributed by atoms with Crippen molar-refractivity contribution in [1.29, 1.82) is 5.26 Å². The Morgan fingerprint density at radius 1 is 1.28 bits per heavy atom. The van der Waals surface area contributed by atoms with Gasteiger partial charge in [-0.3, -0.25) is 0 Å². The van der Waals surface area contributed by atoms with E-state index in [2.05, 4.69) is 15.1 Å². The highest BCUT2D eigenvalue weighted by molar-refractivity contribution is 7.10. The fraction of sp³-hybridized carbons (Fsp3) is 0.125. The van der Waals surface area contributed by atoms with Gasteiger partial charge in [-0.25, -0.2) is 14.6 Å². The van der Waals surface area contributed by atoms with Crippen LogP contribution in [-0.4, -0.2) is 19.7 Å². The molecule has 0 saturated carbocycles. The maximum absolute atomic E-state index is 12.9. The number of nitrogens with zero attached hydrogens (tertiary/aromatic N) is 5. The van der Waals surface area contributed by atoms with Gasteiger partial charge < -0.3 is 0 Å². The fourth-order valence-corrected chi connectivity index (χ4v) is 2.76. The molecule has 0 N–H and O–H groups in total. The van der Waals surface area contributed by atoms with Gasteiger partial charge in [0.25, 0.3) is 0 Å². The van der Waals surface area contributed by atoms with Gasteiger partial charge in [0.2, 0.25) is 0 Å². The molecule has 9 heteroatoms. The van der Waals surface area contributed by atoms with Crippen LogP contribution in [0, 0.1) is 18.3 Å². The number of allylic oxidation sites excluding steroid dienone is 1. The largest absolute Gasteiger partial charge is 0.416 e. The topological polar surface area (TPSA) is 67.4 Å². The maximum atomic E-state index is 12.9. The van der Waals surface area contributed by atoms with Gasteiger partial charge in [-0.05, 0) is 30.7 Å². The van der Waals surface area contributed by atoms with Crippen molar-refractivity contribution in [3.63, 3.8) is 0 Å². The predicted molar refractivity (Wildman–Crippen MR) is 87.1 cm³/mol. The van der Waals surface area contributed by atoms with Crippen LogP contribution in [0.5, 0.6) is 0 Å². The molecule has 0 saturated heterocycles. The molecule has 3 aromatic rings. The second-order valence-corrected chi connectivity index (χ2v) is 6.02. The summed E-state index contributed by atoms with van der Waals surface area (Å²) in [7, 11) is 0. The van der Waals surface area contributed by atoms with E-state index >= 15 is 0 Å². The number of thiazole rings is 1. The van der Waals surface area contributed by atoms with Crippen molar-refractivity contribution in [2.75, 3.05) is 0 Å². The number of benzene rings is 1. The second-order valence-electron chi connectivity index (χ2n) is 5.13. The molecule has 0 atom stereocenters. The molecule has 3 rings (SSSR count). The lowest BCUT2D eigenvalue weighted by molar-refractivity contribution is -0.137. The standard InChI is InChI=1S/C16H10F3N5S/c1-10-4-11(6-13(5-10)16(17,18)19)14-22-9-24(23-14)8-12(7-20)15-21-2-3-25-15/h2-6,8-9H,1H3/b12-8+. The molecule has 126 valence electrons. The van der Waals surface area contributed by atoms with E-state index in [0.29, 0.717) is 10.6 Å². The lowest BCUT2D eigenvalue weighted by Gasteiger charge is -2.09. The number of halogens is 3. The lowest BCUT2D eigenvalue weighted by atomic mass is 10.1. The van der Waals surface area contributed by atoms with E-state index in [9.17, 15) is 18.4 Å². The molecule has 0 aliphatic rings. The Labute approximate surface area is 144 Å². The Bertz CT molecular complexity index is 965. The number of rotatable bonds is 3. The molecule has 0 bridgehead atoms.